The summed E-state index contributed by atoms with van der Waals surface area (Å²) < 4.78 is 4.89. The summed E-state index contributed by atoms with van der Waals surface area (Å²) in [7, 11) is 4.77. The Bertz CT molecular complexity index is 660. The van der Waals surface area contributed by atoms with Crippen LogP contribution in [0.3, 0.4) is 0 Å². The van der Waals surface area contributed by atoms with Gasteiger partial charge in [0.2, 0.25) is 23.6 Å². The number of esters is 1. The van der Waals surface area contributed by atoms with Gasteiger partial charge in [-0.05, 0) is 32.7 Å². The molecule has 0 bridgehead atoms. The van der Waals surface area contributed by atoms with Crippen molar-refractivity contribution in [1.29, 1.82) is 0 Å². The number of aliphatic hydroxyl groups excluding tert-OH is 1. The van der Waals surface area contributed by atoms with Crippen LogP contribution in [-0.2, 0) is 28.7 Å². The highest BCUT2D eigenvalue weighted by Crippen LogP contribution is 2.09. The maximum atomic E-state index is 12.6. The molecule has 4 amide bonds. The van der Waals surface area contributed by atoms with Crippen LogP contribution >= 0.6 is 0 Å². The van der Waals surface area contributed by atoms with Crippen LogP contribution in [0.25, 0.3) is 0 Å². The van der Waals surface area contributed by atoms with Crippen molar-refractivity contribution in [3.05, 3.63) is 0 Å². The Balaban J connectivity index is 4.13. The van der Waals surface area contributed by atoms with E-state index in [2.05, 4.69) is 21.3 Å². The van der Waals surface area contributed by atoms with Gasteiger partial charge in [0.1, 0.15) is 6.04 Å². The van der Waals surface area contributed by atoms with Crippen molar-refractivity contribution < 1.29 is 33.8 Å². The number of likely N-dealkylation sites (N-methyl/N-ethyl adjacent to an activating group) is 2. The van der Waals surface area contributed by atoms with E-state index < -0.39 is 12.0 Å². The van der Waals surface area contributed by atoms with Crippen molar-refractivity contribution in [3.63, 3.8) is 0 Å². The van der Waals surface area contributed by atoms with Crippen molar-refractivity contribution >= 4 is 29.6 Å². The molecule has 0 radical (unpaired) electrons. The van der Waals surface area contributed by atoms with E-state index in [1.807, 2.05) is 0 Å². The number of unbranched alkanes of at least 4 members (excludes halogenated alkanes) is 3. The van der Waals surface area contributed by atoms with Crippen LogP contribution in [0, 0.1) is 0 Å². The summed E-state index contributed by atoms with van der Waals surface area (Å²) in [4.78, 5) is 61.1. The number of hydrogen-bond acceptors (Lipinski definition) is 8. The lowest BCUT2D eigenvalue weighted by Crippen LogP contribution is -2.50. The molecule has 202 valence electrons. The molecule has 1 atom stereocenters. The second-order valence-electron chi connectivity index (χ2n) is 8.10. The third kappa shape index (κ3) is 16.5. The Kier molecular flexibility index (Phi) is 19.0. The first-order valence-electron chi connectivity index (χ1n) is 12.2. The first kappa shape index (κ1) is 32.3. The number of hydrogen-bond donors (Lipinski definition) is 5. The second-order valence-corrected chi connectivity index (χ2v) is 8.10. The third-order valence-electron chi connectivity index (χ3n) is 5.26. The van der Waals surface area contributed by atoms with E-state index in [4.69, 9.17) is 9.84 Å². The molecule has 0 aliphatic rings. The minimum atomic E-state index is -0.878. The zero-order chi connectivity index (χ0) is 26.5. The number of carbonyl (C=O) groups is 5. The Morgan fingerprint density at radius 3 is 2.20 bits per heavy atom. The number of rotatable bonds is 20. The van der Waals surface area contributed by atoms with Gasteiger partial charge >= 0.3 is 5.97 Å². The fraction of sp³-hybridized carbons (Fsp3) is 0.783. The van der Waals surface area contributed by atoms with Crippen LogP contribution in [0.2, 0.25) is 0 Å². The number of nitrogens with one attached hydrogen (secondary N) is 4. The number of nitrogens with zero attached hydrogens (tertiary/aromatic N) is 1. The van der Waals surface area contributed by atoms with Crippen molar-refractivity contribution in [2.24, 2.45) is 0 Å². The summed E-state index contributed by atoms with van der Waals surface area (Å²) in [6.07, 6.45) is 3.67. The normalized spacial score (nSPS) is 11.3. The maximum Gasteiger partial charge on any atom is 0.308 e. The van der Waals surface area contributed by atoms with Crippen molar-refractivity contribution in [2.75, 3.05) is 54.0 Å². The molecule has 0 fully saturated rings. The molecular formula is C23H43N5O7. The summed E-state index contributed by atoms with van der Waals surface area (Å²) >= 11 is 0. The summed E-state index contributed by atoms with van der Waals surface area (Å²) in [6.45, 7) is 1.47. The third-order valence-corrected chi connectivity index (χ3v) is 5.26. The van der Waals surface area contributed by atoms with Gasteiger partial charge in [0, 0.05) is 46.6 Å². The van der Waals surface area contributed by atoms with Crippen LogP contribution < -0.4 is 21.3 Å². The van der Waals surface area contributed by atoms with Gasteiger partial charge in [0.15, 0.2) is 0 Å². The molecular weight excluding hydrogens is 458 g/mol. The molecule has 5 N–H and O–H groups in total. The van der Waals surface area contributed by atoms with Crippen LogP contribution in [-0.4, -0.2) is 99.6 Å². The maximum absolute atomic E-state index is 12.6. The molecule has 0 saturated carbocycles. The minimum Gasteiger partial charge on any atom is -0.466 e. The monoisotopic (exact) mass is 501 g/mol. The quantitative estimate of drug-likeness (QED) is 0.105. The van der Waals surface area contributed by atoms with Crippen molar-refractivity contribution in [2.45, 2.75) is 63.8 Å². The SMILES string of the molecule is CNCCNC(=O)[C@H](CC(=O)NC)N(C)C(=O)CCCCCNC(=O)CCCCOC(=O)CCO. The lowest BCUT2D eigenvalue weighted by molar-refractivity contribution is -0.144. The van der Waals surface area contributed by atoms with E-state index in [0.717, 1.165) is 6.42 Å². The van der Waals surface area contributed by atoms with E-state index in [9.17, 15) is 24.0 Å². The van der Waals surface area contributed by atoms with Crippen molar-refractivity contribution in [3.8, 4) is 0 Å². The molecule has 0 aliphatic heterocycles. The number of ether oxygens (including phenoxy) is 1. The Morgan fingerprint density at radius 1 is 0.829 bits per heavy atom. The van der Waals surface area contributed by atoms with Gasteiger partial charge < -0.3 is 36.0 Å². The van der Waals surface area contributed by atoms with Gasteiger partial charge in [0.25, 0.3) is 0 Å². The fourth-order valence-electron chi connectivity index (χ4n) is 3.09. The molecule has 12 heteroatoms. The smallest absolute Gasteiger partial charge is 0.308 e. The van der Waals surface area contributed by atoms with Gasteiger partial charge in [-0.3, -0.25) is 24.0 Å². The summed E-state index contributed by atoms with van der Waals surface area (Å²) in [6, 6.07) is -0.878. The fourth-order valence-corrected chi connectivity index (χ4v) is 3.09. The summed E-state index contributed by atoms with van der Waals surface area (Å²) in [5.41, 5.74) is 0. The zero-order valence-electron chi connectivity index (χ0n) is 21.3. The lowest BCUT2D eigenvalue weighted by Gasteiger charge is -2.27. The van der Waals surface area contributed by atoms with E-state index in [1.165, 1.54) is 19.0 Å². The Hall–Kier alpha value is -2.73. The highest BCUT2D eigenvalue weighted by atomic mass is 16.5. The highest BCUT2D eigenvalue weighted by molar-refractivity contribution is 5.91. The second kappa shape index (κ2) is 20.6. The van der Waals surface area contributed by atoms with Crippen LogP contribution in [0.4, 0.5) is 0 Å². The van der Waals surface area contributed by atoms with E-state index in [1.54, 1.807) is 7.05 Å². The molecule has 0 rings (SSSR count). The Labute approximate surface area is 207 Å². The van der Waals surface area contributed by atoms with E-state index in [-0.39, 0.29) is 56.1 Å². The molecule has 35 heavy (non-hydrogen) atoms. The van der Waals surface area contributed by atoms with E-state index >= 15 is 0 Å². The van der Waals surface area contributed by atoms with Crippen LogP contribution in [0.1, 0.15) is 57.8 Å². The largest absolute Gasteiger partial charge is 0.466 e. The topological polar surface area (TPSA) is 166 Å². The number of amides is 4. The lowest BCUT2D eigenvalue weighted by atomic mass is 10.1. The molecule has 0 aromatic carbocycles. The molecule has 12 nitrogen and oxygen atoms in total. The zero-order valence-corrected chi connectivity index (χ0v) is 21.3. The Morgan fingerprint density at radius 2 is 1.54 bits per heavy atom. The van der Waals surface area contributed by atoms with Crippen molar-refractivity contribution in [1.82, 2.24) is 26.2 Å². The van der Waals surface area contributed by atoms with Crippen LogP contribution in [0.15, 0.2) is 0 Å². The molecule has 0 spiro atoms. The van der Waals surface area contributed by atoms with Gasteiger partial charge in [0.05, 0.1) is 26.1 Å². The molecule has 0 aliphatic carbocycles. The predicted octanol–water partition coefficient (Wildman–Crippen LogP) is -0.942. The van der Waals surface area contributed by atoms with Gasteiger partial charge in [-0.25, -0.2) is 0 Å². The average molecular weight is 502 g/mol. The standard InChI is InChI=1S/C23H43N5O7/c1-24-13-14-27-23(34)18(17-20(31)25-2)28(3)21(32)10-5-4-7-12-26-19(30)9-6-8-16-35-22(33)11-15-29/h18,24,29H,4-17H2,1-3H3,(H,25,31)(H,26,30)(H,27,34)/t18-/m0/s1. The minimum absolute atomic E-state index is 0.0226. The van der Waals surface area contributed by atoms with Gasteiger partial charge in [-0.2, -0.15) is 0 Å². The predicted molar refractivity (Wildman–Crippen MR) is 130 cm³/mol. The number of carbonyl (C=O) groups excluding carboxylic acids is 5. The first-order valence-corrected chi connectivity index (χ1v) is 12.2. The van der Waals surface area contributed by atoms with Gasteiger partial charge in [-0.1, -0.05) is 6.42 Å². The molecule has 0 aromatic heterocycles. The molecule has 0 heterocycles. The molecule has 0 unspecified atom stereocenters. The van der Waals surface area contributed by atoms with Crippen LogP contribution in [0.5, 0.6) is 0 Å². The number of aliphatic hydroxyl groups is 1. The average Bonchev–Trinajstić information content (AvgIpc) is 2.83. The molecule has 0 saturated heterocycles. The highest BCUT2D eigenvalue weighted by Gasteiger charge is 2.28. The molecule has 0 aromatic rings. The van der Waals surface area contributed by atoms with E-state index in [0.29, 0.717) is 51.7 Å². The van der Waals surface area contributed by atoms with Gasteiger partial charge in [-0.15, -0.1) is 0 Å². The first-order chi connectivity index (χ1) is 16.8. The summed E-state index contributed by atoms with van der Waals surface area (Å²) in [5.74, 6) is -1.44. The summed E-state index contributed by atoms with van der Waals surface area (Å²) in [5, 5.41) is 19.6.